The average molecular weight is 287 g/mol. The van der Waals surface area contributed by atoms with E-state index in [0.29, 0.717) is 6.04 Å². The van der Waals surface area contributed by atoms with Gasteiger partial charge in [-0.05, 0) is 78.7 Å². The van der Waals surface area contributed by atoms with Crippen molar-refractivity contribution in [2.45, 2.75) is 46.6 Å². The van der Waals surface area contributed by atoms with Crippen LogP contribution in [0.2, 0.25) is 0 Å². The van der Waals surface area contributed by atoms with Gasteiger partial charge in [0.25, 0.3) is 0 Å². The highest BCUT2D eigenvalue weighted by atomic mass is 32.1. The van der Waals surface area contributed by atoms with Crippen molar-refractivity contribution in [2.75, 3.05) is 6.54 Å². The zero-order valence-electron chi connectivity index (χ0n) is 13.0. The van der Waals surface area contributed by atoms with Gasteiger partial charge in [-0.3, -0.25) is 0 Å². The van der Waals surface area contributed by atoms with Gasteiger partial charge < -0.3 is 5.32 Å². The Balaban J connectivity index is 2.19. The normalized spacial score (nSPS) is 12.6. The standard InChI is InChI=1S/C18H25NS/c1-5-8-19-18(17-12-20-11-15(17)4)10-16-7-6-13(2)14(3)9-16/h6-7,9,11-12,18-19H,5,8,10H2,1-4H3. The number of benzene rings is 1. The topological polar surface area (TPSA) is 12.0 Å². The van der Waals surface area contributed by atoms with Crippen molar-refractivity contribution >= 4 is 11.3 Å². The Morgan fingerprint density at radius 1 is 1.05 bits per heavy atom. The van der Waals surface area contributed by atoms with Gasteiger partial charge >= 0.3 is 0 Å². The number of hydrogen-bond donors (Lipinski definition) is 1. The Morgan fingerprint density at radius 2 is 1.85 bits per heavy atom. The summed E-state index contributed by atoms with van der Waals surface area (Å²) in [4.78, 5) is 0. The van der Waals surface area contributed by atoms with Crippen LogP contribution in [-0.2, 0) is 6.42 Å². The van der Waals surface area contributed by atoms with Crippen molar-refractivity contribution in [3.63, 3.8) is 0 Å². The first-order valence-corrected chi connectivity index (χ1v) is 8.38. The molecule has 1 aromatic carbocycles. The quantitative estimate of drug-likeness (QED) is 0.792. The summed E-state index contributed by atoms with van der Waals surface area (Å²) in [5.74, 6) is 0. The van der Waals surface area contributed by atoms with Gasteiger partial charge in [0.2, 0.25) is 0 Å². The number of thiophene rings is 1. The Kier molecular flexibility index (Phi) is 5.38. The lowest BCUT2D eigenvalue weighted by molar-refractivity contribution is 0.528. The molecule has 0 radical (unpaired) electrons. The van der Waals surface area contributed by atoms with Crippen LogP contribution in [-0.4, -0.2) is 6.54 Å². The van der Waals surface area contributed by atoms with E-state index in [1.807, 2.05) is 0 Å². The van der Waals surface area contributed by atoms with Gasteiger partial charge in [-0.25, -0.2) is 0 Å². The summed E-state index contributed by atoms with van der Waals surface area (Å²) in [5.41, 5.74) is 7.05. The van der Waals surface area contributed by atoms with E-state index in [9.17, 15) is 0 Å². The third-order valence-electron chi connectivity index (χ3n) is 3.92. The molecule has 0 saturated carbocycles. The molecule has 0 spiro atoms. The van der Waals surface area contributed by atoms with Crippen LogP contribution in [0.3, 0.4) is 0 Å². The highest BCUT2D eigenvalue weighted by Crippen LogP contribution is 2.25. The molecule has 0 bridgehead atoms. The molecule has 1 heterocycles. The lowest BCUT2D eigenvalue weighted by Gasteiger charge is -2.19. The number of aryl methyl sites for hydroxylation is 3. The smallest absolute Gasteiger partial charge is 0.0371 e. The van der Waals surface area contributed by atoms with Gasteiger partial charge in [0.1, 0.15) is 0 Å². The van der Waals surface area contributed by atoms with Crippen LogP contribution in [0, 0.1) is 20.8 Å². The average Bonchev–Trinajstić information content (AvgIpc) is 2.85. The molecular weight excluding hydrogens is 262 g/mol. The highest BCUT2D eigenvalue weighted by molar-refractivity contribution is 7.08. The van der Waals surface area contributed by atoms with Crippen LogP contribution in [0.4, 0.5) is 0 Å². The third-order valence-corrected chi connectivity index (χ3v) is 4.80. The van der Waals surface area contributed by atoms with Crippen LogP contribution in [0.5, 0.6) is 0 Å². The van der Waals surface area contributed by atoms with Crippen molar-refractivity contribution in [1.82, 2.24) is 5.32 Å². The van der Waals surface area contributed by atoms with Crippen LogP contribution < -0.4 is 5.32 Å². The fourth-order valence-corrected chi connectivity index (χ4v) is 3.41. The molecule has 0 aliphatic rings. The zero-order chi connectivity index (χ0) is 14.5. The fourth-order valence-electron chi connectivity index (χ4n) is 2.50. The summed E-state index contributed by atoms with van der Waals surface area (Å²) in [5, 5.41) is 8.24. The second-order valence-corrected chi connectivity index (χ2v) is 6.38. The minimum Gasteiger partial charge on any atom is -0.310 e. The van der Waals surface area contributed by atoms with Gasteiger partial charge in [-0.2, -0.15) is 11.3 Å². The van der Waals surface area contributed by atoms with Crippen molar-refractivity contribution in [3.8, 4) is 0 Å². The van der Waals surface area contributed by atoms with Crippen LogP contribution in [0.15, 0.2) is 29.0 Å². The molecule has 20 heavy (non-hydrogen) atoms. The summed E-state index contributed by atoms with van der Waals surface area (Å²) in [6.45, 7) is 9.89. The molecular formula is C18H25NS. The van der Waals surface area contributed by atoms with E-state index in [1.54, 1.807) is 11.3 Å². The fraction of sp³-hybridized carbons (Fsp3) is 0.444. The van der Waals surface area contributed by atoms with E-state index in [0.717, 1.165) is 13.0 Å². The molecule has 1 aromatic heterocycles. The van der Waals surface area contributed by atoms with E-state index in [4.69, 9.17) is 0 Å². The molecule has 0 aliphatic carbocycles. The number of hydrogen-bond acceptors (Lipinski definition) is 2. The second-order valence-electron chi connectivity index (χ2n) is 5.64. The third kappa shape index (κ3) is 3.71. The monoisotopic (exact) mass is 287 g/mol. The number of nitrogens with one attached hydrogen (secondary N) is 1. The summed E-state index contributed by atoms with van der Waals surface area (Å²) in [6, 6.07) is 7.27. The minimum absolute atomic E-state index is 0.434. The van der Waals surface area contributed by atoms with Gasteiger partial charge in [0.05, 0.1) is 0 Å². The second kappa shape index (κ2) is 7.05. The molecule has 0 aliphatic heterocycles. The van der Waals surface area contributed by atoms with E-state index in [2.05, 4.69) is 62.0 Å². The molecule has 0 amide bonds. The number of rotatable bonds is 6. The van der Waals surface area contributed by atoms with E-state index in [-0.39, 0.29) is 0 Å². The predicted octanol–water partition coefficient (Wildman–Crippen LogP) is 4.96. The molecule has 2 aromatic rings. The van der Waals surface area contributed by atoms with Crippen molar-refractivity contribution in [3.05, 3.63) is 56.8 Å². The summed E-state index contributed by atoms with van der Waals surface area (Å²) < 4.78 is 0. The molecule has 1 atom stereocenters. The summed E-state index contributed by atoms with van der Waals surface area (Å²) in [6.07, 6.45) is 2.24. The largest absolute Gasteiger partial charge is 0.310 e. The van der Waals surface area contributed by atoms with Crippen LogP contribution in [0.1, 0.15) is 47.2 Å². The minimum atomic E-state index is 0.434. The molecule has 2 rings (SSSR count). The predicted molar refractivity (Wildman–Crippen MR) is 89.7 cm³/mol. The maximum atomic E-state index is 3.70. The lowest BCUT2D eigenvalue weighted by atomic mass is 9.96. The maximum absolute atomic E-state index is 3.70. The van der Waals surface area contributed by atoms with E-state index in [1.165, 1.54) is 34.2 Å². The van der Waals surface area contributed by atoms with E-state index >= 15 is 0 Å². The molecule has 2 heteroatoms. The molecule has 1 unspecified atom stereocenters. The first-order valence-electron chi connectivity index (χ1n) is 7.44. The van der Waals surface area contributed by atoms with Crippen LogP contribution >= 0.6 is 11.3 Å². The summed E-state index contributed by atoms with van der Waals surface area (Å²) >= 11 is 1.80. The van der Waals surface area contributed by atoms with Gasteiger partial charge in [0, 0.05) is 6.04 Å². The Hall–Kier alpha value is -1.12. The maximum Gasteiger partial charge on any atom is 0.0371 e. The van der Waals surface area contributed by atoms with Crippen molar-refractivity contribution in [2.24, 2.45) is 0 Å². The summed E-state index contributed by atoms with van der Waals surface area (Å²) in [7, 11) is 0. The molecule has 0 saturated heterocycles. The zero-order valence-corrected chi connectivity index (χ0v) is 13.8. The molecule has 108 valence electrons. The first-order chi connectivity index (χ1) is 9.61. The molecule has 1 N–H and O–H groups in total. The van der Waals surface area contributed by atoms with Gasteiger partial charge in [-0.1, -0.05) is 25.1 Å². The van der Waals surface area contributed by atoms with Crippen molar-refractivity contribution in [1.29, 1.82) is 0 Å². The highest BCUT2D eigenvalue weighted by Gasteiger charge is 2.14. The van der Waals surface area contributed by atoms with Crippen molar-refractivity contribution < 1.29 is 0 Å². The lowest BCUT2D eigenvalue weighted by Crippen LogP contribution is -2.24. The Bertz CT molecular complexity index is 556. The Labute approximate surface area is 127 Å². The SMILES string of the molecule is CCCNC(Cc1ccc(C)c(C)c1)c1cscc1C. The Morgan fingerprint density at radius 3 is 2.45 bits per heavy atom. The molecule has 1 nitrogen and oxygen atoms in total. The first kappa shape index (κ1) is 15.3. The van der Waals surface area contributed by atoms with Crippen LogP contribution in [0.25, 0.3) is 0 Å². The molecule has 0 fully saturated rings. The van der Waals surface area contributed by atoms with Gasteiger partial charge in [-0.15, -0.1) is 0 Å². The van der Waals surface area contributed by atoms with Gasteiger partial charge in [0.15, 0.2) is 0 Å². The van der Waals surface area contributed by atoms with E-state index < -0.39 is 0 Å².